The number of H-pyrrole nitrogens is 1. The van der Waals surface area contributed by atoms with Gasteiger partial charge in [-0.05, 0) is 0 Å². The molecule has 2 rings (SSSR count). The number of carbonyl (C=O) groups excluding carboxylic acids is 1. The summed E-state index contributed by atoms with van der Waals surface area (Å²) >= 11 is 0. The minimum Gasteiger partial charge on any atom is -0.371 e. The molecule has 6 nitrogen and oxygen atoms in total. The molecular weight excluding hydrogens is 158 g/mol. The van der Waals surface area contributed by atoms with Crippen LogP contribution >= 0.6 is 0 Å². The van der Waals surface area contributed by atoms with Crippen LogP contribution in [0.15, 0.2) is 0 Å². The number of fused-ring (bicyclic) bond motifs is 1. The quantitative estimate of drug-likeness (QED) is 0.487. The predicted octanol–water partition coefficient (Wildman–Crippen LogP) is -0.355. The van der Waals surface area contributed by atoms with Gasteiger partial charge >= 0.3 is 0 Å². The number of hydrogen-bond donors (Lipinski definition) is 3. The van der Waals surface area contributed by atoms with Crippen LogP contribution in [0.3, 0.4) is 0 Å². The van der Waals surface area contributed by atoms with Crippen LogP contribution in [0.5, 0.6) is 0 Å². The number of nitriles is 1. The summed E-state index contributed by atoms with van der Waals surface area (Å²) in [5, 5.41) is 20.1. The first kappa shape index (κ1) is 6.67. The minimum atomic E-state index is -0.154. The lowest BCUT2D eigenvalue weighted by atomic mass is 10.3. The molecule has 1 amide bonds. The first-order valence-electron chi connectivity index (χ1n) is 3.33. The Balaban J connectivity index is 2.46. The van der Waals surface area contributed by atoms with Gasteiger partial charge in [-0.2, -0.15) is 10.4 Å². The molecule has 0 bridgehead atoms. The Labute approximate surface area is 67.6 Å². The van der Waals surface area contributed by atoms with Crippen LogP contribution in [0.2, 0.25) is 0 Å². The van der Waals surface area contributed by atoms with Gasteiger partial charge in [-0.25, -0.2) is 0 Å². The Hall–Kier alpha value is -2.03. The van der Waals surface area contributed by atoms with Crippen LogP contribution in [-0.2, 0) is 4.79 Å². The van der Waals surface area contributed by atoms with E-state index in [1.807, 2.05) is 6.07 Å². The lowest BCUT2D eigenvalue weighted by Gasteiger charge is -2.12. The molecule has 60 valence electrons. The third kappa shape index (κ3) is 0.802. The second-order valence-electron chi connectivity index (χ2n) is 2.34. The predicted molar refractivity (Wildman–Crippen MR) is 40.4 cm³/mol. The number of carbonyl (C=O) groups is 1. The molecule has 0 saturated carbocycles. The maximum Gasteiger partial charge on any atom is 0.244 e. The van der Waals surface area contributed by atoms with Crippen molar-refractivity contribution in [2.45, 2.75) is 0 Å². The zero-order valence-corrected chi connectivity index (χ0v) is 6.01. The van der Waals surface area contributed by atoms with E-state index in [0.29, 0.717) is 17.2 Å². The van der Waals surface area contributed by atoms with Crippen molar-refractivity contribution in [2.75, 3.05) is 17.2 Å². The van der Waals surface area contributed by atoms with Gasteiger partial charge in [0.05, 0.1) is 6.54 Å². The summed E-state index contributed by atoms with van der Waals surface area (Å²) in [7, 11) is 0. The van der Waals surface area contributed by atoms with Gasteiger partial charge in [0, 0.05) is 0 Å². The monoisotopic (exact) mass is 163 g/mol. The number of nitrogens with zero attached hydrogens (tertiary/aromatic N) is 2. The Morgan fingerprint density at radius 3 is 3.17 bits per heavy atom. The molecule has 6 heteroatoms. The molecule has 0 spiro atoms. The van der Waals surface area contributed by atoms with E-state index >= 15 is 0 Å². The van der Waals surface area contributed by atoms with Gasteiger partial charge in [-0.3, -0.25) is 9.89 Å². The summed E-state index contributed by atoms with van der Waals surface area (Å²) in [5.74, 6) is 0.237. The maximum atomic E-state index is 10.8. The van der Waals surface area contributed by atoms with Gasteiger partial charge in [0.2, 0.25) is 5.91 Å². The smallest absolute Gasteiger partial charge is 0.244 e. The van der Waals surface area contributed by atoms with Gasteiger partial charge in [-0.15, -0.1) is 0 Å². The first-order valence-corrected chi connectivity index (χ1v) is 3.33. The van der Waals surface area contributed by atoms with Gasteiger partial charge in [0.1, 0.15) is 11.8 Å². The number of anilines is 2. The molecule has 0 saturated heterocycles. The molecule has 3 N–H and O–H groups in total. The Bertz CT molecular complexity index is 374. The second kappa shape index (κ2) is 2.23. The molecule has 0 unspecified atom stereocenters. The molecule has 0 atom stereocenters. The van der Waals surface area contributed by atoms with E-state index in [4.69, 9.17) is 5.26 Å². The summed E-state index contributed by atoms with van der Waals surface area (Å²) < 4.78 is 0. The zero-order chi connectivity index (χ0) is 8.55. The second-order valence-corrected chi connectivity index (χ2v) is 2.34. The van der Waals surface area contributed by atoms with Gasteiger partial charge in [0.15, 0.2) is 11.5 Å². The van der Waals surface area contributed by atoms with Crippen LogP contribution < -0.4 is 10.6 Å². The van der Waals surface area contributed by atoms with Crippen LogP contribution in [-0.4, -0.2) is 22.6 Å². The number of rotatable bonds is 0. The molecule has 1 aliphatic heterocycles. The highest BCUT2D eigenvalue weighted by molar-refractivity contribution is 6.00. The highest BCUT2D eigenvalue weighted by Crippen LogP contribution is 2.24. The fraction of sp³-hybridized carbons (Fsp3) is 0.167. The molecule has 0 aliphatic carbocycles. The molecule has 12 heavy (non-hydrogen) atoms. The Morgan fingerprint density at radius 2 is 2.42 bits per heavy atom. The number of aromatic nitrogens is 2. The number of aromatic amines is 1. The summed E-state index contributed by atoms with van der Waals surface area (Å²) in [6, 6.07) is 1.92. The van der Waals surface area contributed by atoms with Crippen molar-refractivity contribution in [1.29, 1.82) is 5.26 Å². The summed E-state index contributed by atoms with van der Waals surface area (Å²) in [6.07, 6.45) is 0. The molecule has 0 fully saturated rings. The Kier molecular flexibility index (Phi) is 1.24. The first-order chi connectivity index (χ1) is 5.81. The van der Waals surface area contributed by atoms with Gasteiger partial charge in [0.25, 0.3) is 0 Å². The van der Waals surface area contributed by atoms with Crippen molar-refractivity contribution in [3.8, 4) is 6.07 Å². The van der Waals surface area contributed by atoms with E-state index in [1.54, 1.807) is 0 Å². The standard InChI is InChI=1S/C6H5N5O/c7-1-3-5-6(11-10-3)9-4(12)2-8-5/h8H,2H2,(H2,9,10,11,12). The molecule has 1 aromatic rings. The third-order valence-electron chi connectivity index (χ3n) is 1.56. The van der Waals surface area contributed by atoms with Gasteiger partial charge < -0.3 is 10.6 Å². The van der Waals surface area contributed by atoms with Crippen LogP contribution in [0.1, 0.15) is 5.69 Å². The van der Waals surface area contributed by atoms with Crippen molar-refractivity contribution in [1.82, 2.24) is 10.2 Å². The van der Waals surface area contributed by atoms with E-state index in [-0.39, 0.29) is 12.5 Å². The van der Waals surface area contributed by atoms with Crippen molar-refractivity contribution >= 4 is 17.4 Å². The van der Waals surface area contributed by atoms with Crippen LogP contribution in [0, 0.1) is 11.3 Å². The fourth-order valence-corrected chi connectivity index (χ4v) is 1.03. The largest absolute Gasteiger partial charge is 0.371 e. The topological polar surface area (TPSA) is 93.6 Å². The van der Waals surface area contributed by atoms with E-state index in [9.17, 15) is 4.79 Å². The molecule has 0 radical (unpaired) electrons. The van der Waals surface area contributed by atoms with Crippen LogP contribution in [0.4, 0.5) is 11.5 Å². The number of hydrogen-bond acceptors (Lipinski definition) is 4. The Morgan fingerprint density at radius 1 is 1.58 bits per heavy atom. The SMILES string of the molecule is N#Cc1[nH]nc2c1NCC(=O)N2. The number of nitrogens with one attached hydrogen (secondary N) is 3. The third-order valence-corrected chi connectivity index (χ3v) is 1.56. The van der Waals surface area contributed by atoms with Gasteiger partial charge in [-0.1, -0.05) is 0 Å². The lowest BCUT2D eigenvalue weighted by molar-refractivity contribution is -0.114. The van der Waals surface area contributed by atoms with Crippen molar-refractivity contribution in [3.05, 3.63) is 5.69 Å². The van der Waals surface area contributed by atoms with Crippen LogP contribution in [0.25, 0.3) is 0 Å². The average molecular weight is 163 g/mol. The molecule has 1 aliphatic rings. The van der Waals surface area contributed by atoms with Crippen molar-refractivity contribution in [3.63, 3.8) is 0 Å². The number of amides is 1. The van der Waals surface area contributed by atoms with Crippen molar-refractivity contribution in [2.24, 2.45) is 0 Å². The molecule has 1 aromatic heterocycles. The van der Waals surface area contributed by atoms with E-state index in [1.165, 1.54) is 0 Å². The minimum absolute atomic E-state index is 0.154. The summed E-state index contributed by atoms with van der Waals surface area (Å²) in [4.78, 5) is 10.8. The van der Waals surface area contributed by atoms with Crippen molar-refractivity contribution < 1.29 is 4.79 Å². The molecule has 2 heterocycles. The average Bonchev–Trinajstić information content (AvgIpc) is 2.46. The molecular formula is C6H5N5O. The van der Waals surface area contributed by atoms with E-state index in [2.05, 4.69) is 20.8 Å². The van der Waals surface area contributed by atoms with E-state index in [0.717, 1.165) is 0 Å². The highest BCUT2D eigenvalue weighted by atomic mass is 16.2. The zero-order valence-electron chi connectivity index (χ0n) is 6.01. The summed E-state index contributed by atoms with van der Waals surface area (Å²) in [6.45, 7) is 0.182. The summed E-state index contributed by atoms with van der Waals surface area (Å²) in [5.41, 5.74) is 0.905. The van der Waals surface area contributed by atoms with E-state index < -0.39 is 0 Å². The lowest BCUT2D eigenvalue weighted by Crippen LogP contribution is -2.27. The molecule has 0 aromatic carbocycles. The highest BCUT2D eigenvalue weighted by Gasteiger charge is 2.19. The maximum absolute atomic E-state index is 10.8. The normalized spacial score (nSPS) is 14.1. The fourth-order valence-electron chi connectivity index (χ4n) is 1.03.